The molecule has 0 aliphatic heterocycles. The highest BCUT2D eigenvalue weighted by molar-refractivity contribution is 5.20. The van der Waals surface area contributed by atoms with Gasteiger partial charge in [0.2, 0.25) is 0 Å². The third-order valence-corrected chi connectivity index (χ3v) is 1.84. The van der Waals surface area contributed by atoms with Crippen LogP contribution in [0.2, 0.25) is 0 Å². The van der Waals surface area contributed by atoms with Gasteiger partial charge in [0, 0.05) is 13.1 Å². The molecule has 1 unspecified atom stereocenters. The lowest BCUT2D eigenvalue weighted by Gasteiger charge is -2.22. The molecule has 0 aliphatic carbocycles. The summed E-state index contributed by atoms with van der Waals surface area (Å²) in [6.45, 7) is 1.08. The first kappa shape index (κ1) is 11.0. The summed E-state index contributed by atoms with van der Waals surface area (Å²) >= 11 is 0. The van der Waals surface area contributed by atoms with Gasteiger partial charge >= 0.3 is 0 Å². The van der Waals surface area contributed by atoms with Crippen LogP contribution in [-0.2, 0) is 0 Å². The van der Waals surface area contributed by atoms with E-state index in [1.54, 1.807) is 24.1 Å². The van der Waals surface area contributed by atoms with Gasteiger partial charge in [-0.25, -0.2) is 4.90 Å². The molecule has 1 aromatic carbocycles. The van der Waals surface area contributed by atoms with Crippen LogP contribution in [0.5, 0.6) is 5.75 Å². The topological polar surface area (TPSA) is 58.7 Å². The highest BCUT2D eigenvalue weighted by Crippen LogP contribution is 2.10. The number of rotatable bonds is 5. The summed E-state index contributed by atoms with van der Waals surface area (Å²) in [5.74, 6) is 0.642. The average Bonchev–Trinajstić information content (AvgIpc) is 2.19. The van der Waals surface area contributed by atoms with Crippen LogP contribution in [0.3, 0.4) is 0 Å². The predicted octanol–water partition coefficient (Wildman–Crippen LogP) is 0.232. The zero-order valence-electron chi connectivity index (χ0n) is 8.26. The monoisotopic (exact) mass is 196 g/mol. The number of para-hydroxylation sites is 1. The maximum atomic E-state index is 9.55. The van der Waals surface area contributed by atoms with Gasteiger partial charge in [-0.1, -0.05) is 18.2 Å². The fourth-order valence-corrected chi connectivity index (χ4v) is 1.02. The molecule has 1 aromatic rings. The molecular formula is C10H16N2O2. The molecule has 0 amide bonds. The smallest absolute Gasteiger partial charge is 0.259 e. The summed E-state index contributed by atoms with van der Waals surface area (Å²) in [6.07, 6.45) is -0.944. The van der Waals surface area contributed by atoms with E-state index in [0.717, 1.165) is 0 Å². The zero-order valence-corrected chi connectivity index (χ0v) is 8.26. The molecule has 0 radical (unpaired) electrons. The van der Waals surface area contributed by atoms with Crippen molar-refractivity contribution >= 4 is 0 Å². The van der Waals surface area contributed by atoms with Gasteiger partial charge in [0.15, 0.2) is 0 Å². The molecule has 4 heteroatoms. The van der Waals surface area contributed by atoms with Crippen molar-refractivity contribution in [2.24, 2.45) is 5.73 Å². The van der Waals surface area contributed by atoms with Crippen LogP contribution in [0.15, 0.2) is 30.3 Å². The average molecular weight is 196 g/mol. The molecule has 0 bridgehead atoms. The van der Waals surface area contributed by atoms with Gasteiger partial charge in [-0.3, -0.25) is 0 Å². The molecular weight excluding hydrogens is 180 g/mol. The van der Waals surface area contributed by atoms with E-state index in [1.165, 1.54) is 0 Å². The third-order valence-electron chi connectivity index (χ3n) is 1.84. The van der Waals surface area contributed by atoms with Crippen molar-refractivity contribution in [3.8, 4) is 5.75 Å². The third kappa shape index (κ3) is 3.33. The van der Waals surface area contributed by atoms with E-state index in [4.69, 9.17) is 10.5 Å². The summed E-state index contributed by atoms with van der Waals surface area (Å²) in [5.41, 5.74) is 5.35. The van der Waals surface area contributed by atoms with Crippen molar-refractivity contribution in [2.75, 3.05) is 20.1 Å². The molecule has 0 aromatic heterocycles. The van der Waals surface area contributed by atoms with Crippen molar-refractivity contribution < 1.29 is 9.84 Å². The summed E-state index contributed by atoms with van der Waals surface area (Å²) in [7, 11) is 1.75. The van der Waals surface area contributed by atoms with Gasteiger partial charge in [0.25, 0.3) is 6.41 Å². The molecule has 4 nitrogen and oxygen atoms in total. The van der Waals surface area contributed by atoms with E-state index in [0.29, 0.717) is 18.8 Å². The Bertz CT molecular complexity index is 254. The first-order chi connectivity index (χ1) is 6.74. The SMILES string of the molecule is CN(CCN)C(O)Oc1ccccc1. The largest absolute Gasteiger partial charge is 0.451 e. The number of aliphatic hydroxyl groups excluding tert-OH is 1. The highest BCUT2D eigenvalue weighted by Gasteiger charge is 2.10. The Hall–Kier alpha value is -1.10. The minimum absolute atomic E-state index is 0.492. The van der Waals surface area contributed by atoms with Crippen LogP contribution in [0.25, 0.3) is 0 Å². The maximum absolute atomic E-state index is 9.55. The minimum Gasteiger partial charge on any atom is -0.451 e. The van der Waals surface area contributed by atoms with E-state index in [2.05, 4.69) is 0 Å². The number of benzene rings is 1. The number of hydrogen-bond acceptors (Lipinski definition) is 4. The van der Waals surface area contributed by atoms with Crippen LogP contribution >= 0.6 is 0 Å². The van der Waals surface area contributed by atoms with Crippen molar-refractivity contribution in [1.29, 1.82) is 0 Å². The van der Waals surface area contributed by atoms with Crippen LogP contribution in [0.4, 0.5) is 0 Å². The Morgan fingerprint density at radius 2 is 2.07 bits per heavy atom. The Balaban J connectivity index is 2.44. The fraction of sp³-hybridized carbons (Fsp3) is 0.400. The second-order valence-electron chi connectivity index (χ2n) is 3.03. The Morgan fingerprint density at radius 3 is 2.64 bits per heavy atom. The van der Waals surface area contributed by atoms with Gasteiger partial charge in [-0.15, -0.1) is 0 Å². The molecule has 1 rings (SSSR count). The molecule has 1 atom stereocenters. The lowest BCUT2D eigenvalue weighted by atomic mass is 10.3. The van der Waals surface area contributed by atoms with E-state index in [9.17, 15) is 5.11 Å². The zero-order chi connectivity index (χ0) is 10.4. The lowest BCUT2D eigenvalue weighted by molar-refractivity contribution is -0.123. The number of nitrogens with two attached hydrogens (primary N) is 1. The lowest BCUT2D eigenvalue weighted by Crippen LogP contribution is -2.39. The molecule has 14 heavy (non-hydrogen) atoms. The van der Waals surface area contributed by atoms with Crippen molar-refractivity contribution in [3.63, 3.8) is 0 Å². The molecule has 0 spiro atoms. The van der Waals surface area contributed by atoms with E-state index in [1.807, 2.05) is 18.2 Å². The van der Waals surface area contributed by atoms with Crippen molar-refractivity contribution in [3.05, 3.63) is 30.3 Å². The standard InChI is InChI=1S/C10H16N2O2/c1-12(8-7-11)10(13)14-9-5-3-2-4-6-9/h2-6,10,13H,7-8,11H2,1H3. The summed E-state index contributed by atoms with van der Waals surface area (Å²) in [6, 6.07) is 9.18. The summed E-state index contributed by atoms with van der Waals surface area (Å²) in [4.78, 5) is 1.63. The normalized spacial score (nSPS) is 12.9. The van der Waals surface area contributed by atoms with Crippen molar-refractivity contribution in [2.45, 2.75) is 6.41 Å². The molecule has 78 valence electrons. The van der Waals surface area contributed by atoms with Gasteiger partial charge in [-0.05, 0) is 19.2 Å². The Labute approximate surface area is 83.9 Å². The quantitative estimate of drug-likeness (QED) is 0.662. The van der Waals surface area contributed by atoms with Crippen LogP contribution in [0, 0.1) is 0 Å². The fourth-order valence-electron chi connectivity index (χ4n) is 1.02. The minimum atomic E-state index is -0.944. The molecule has 0 fully saturated rings. The molecule has 0 aliphatic rings. The first-order valence-electron chi connectivity index (χ1n) is 4.54. The highest BCUT2D eigenvalue weighted by atomic mass is 16.6. The number of nitrogens with zero attached hydrogens (tertiary/aromatic N) is 1. The summed E-state index contributed by atoms with van der Waals surface area (Å²) < 4.78 is 5.25. The van der Waals surface area contributed by atoms with Gasteiger partial charge in [0.05, 0.1) is 0 Å². The Kier molecular flexibility index (Phi) is 4.39. The molecule has 3 N–H and O–H groups in total. The molecule has 0 heterocycles. The number of ether oxygens (including phenoxy) is 1. The van der Waals surface area contributed by atoms with E-state index < -0.39 is 6.41 Å². The first-order valence-corrected chi connectivity index (χ1v) is 4.54. The van der Waals surface area contributed by atoms with Crippen LogP contribution in [0.1, 0.15) is 0 Å². The van der Waals surface area contributed by atoms with Gasteiger partial charge in [-0.2, -0.15) is 0 Å². The van der Waals surface area contributed by atoms with E-state index in [-0.39, 0.29) is 0 Å². The second kappa shape index (κ2) is 5.59. The van der Waals surface area contributed by atoms with Gasteiger partial charge < -0.3 is 15.6 Å². The maximum Gasteiger partial charge on any atom is 0.259 e. The predicted molar refractivity (Wildman–Crippen MR) is 54.8 cm³/mol. The van der Waals surface area contributed by atoms with Gasteiger partial charge in [0.1, 0.15) is 5.75 Å². The van der Waals surface area contributed by atoms with Crippen LogP contribution < -0.4 is 10.5 Å². The number of aliphatic hydroxyl groups is 1. The van der Waals surface area contributed by atoms with Crippen molar-refractivity contribution in [1.82, 2.24) is 4.90 Å². The van der Waals surface area contributed by atoms with E-state index >= 15 is 0 Å². The number of likely N-dealkylation sites (N-methyl/N-ethyl adjacent to an activating group) is 1. The van der Waals surface area contributed by atoms with Crippen LogP contribution in [-0.4, -0.2) is 36.6 Å². The summed E-state index contributed by atoms with van der Waals surface area (Å²) in [5, 5.41) is 9.55. The second-order valence-corrected chi connectivity index (χ2v) is 3.03. The Morgan fingerprint density at radius 1 is 1.43 bits per heavy atom. The molecule has 0 saturated heterocycles. The number of hydrogen-bond donors (Lipinski definition) is 2. The molecule has 0 saturated carbocycles.